The van der Waals surface area contributed by atoms with Gasteiger partial charge in [-0.2, -0.15) is 0 Å². The highest BCUT2D eigenvalue weighted by atomic mass is 35.5. The average molecular weight is 323 g/mol. The first-order chi connectivity index (χ1) is 8.87. The van der Waals surface area contributed by atoms with E-state index in [0.29, 0.717) is 5.76 Å². The van der Waals surface area contributed by atoms with Crippen LogP contribution in [0, 0.1) is 6.92 Å². The highest BCUT2D eigenvalue weighted by Gasteiger charge is 2.18. The van der Waals surface area contributed by atoms with Crippen LogP contribution in [0.15, 0.2) is 16.9 Å². The van der Waals surface area contributed by atoms with Crippen LogP contribution in [0.25, 0.3) is 0 Å². The van der Waals surface area contributed by atoms with Crippen molar-refractivity contribution in [2.75, 3.05) is 4.72 Å². The molecule has 0 amide bonds. The molecule has 0 saturated carbocycles. The molecule has 0 aliphatic heterocycles. The lowest BCUT2D eigenvalue weighted by Gasteiger charge is -2.07. The first-order valence-corrected chi connectivity index (χ1v) is 7.37. The third-order valence-electron chi connectivity index (χ3n) is 2.01. The predicted molar refractivity (Wildman–Crippen MR) is 69.5 cm³/mol. The number of sulfonamides is 1. The fourth-order valence-corrected chi connectivity index (χ4v) is 2.66. The van der Waals surface area contributed by atoms with E-state index in [4.69, 9.17) is 27.7 Å². The van der Waals surface area contributed by atoms with Gasteiger partial charge >= 0.3 is 0 Å². The van der Waals surface area contributed by atoms with Gasteiger partial charge in [-0.3, -0.25) is 4.72 Å². The summed E-state index contributed by atoms with van der Waals surface area (Å²) >= 11 is 11.4. The molecule has 7 nitrogen and oxygen atoms in total. The van der Waals surface area contributed by atoms with Gasteiger partial charge in [0.05, 0.1) is 0 Å². The van der Waals surface area contributed by atoms with Crippen molar-refractivity contribution >= 4 is 39.0 Å². The molecule has 0 aromatic carbocycles. The Morgan fingerprint density at radius 1 is 1.37 bits per heavy atom. The second-order valence-electron chi connectivity index (χ2n) is 3.62. The number of aryl methyl sites for hydroxylation is 1. The van der Waals surface area contributed by atoms with Gasteiger partial charge in [-0.25, -0.2) is 18.4 Å². The first-order valence-electron chi connectivity index (χ1n) is 4.96. The monoisotopic (exact) mass is 322 g/mol. The lowest BCUT2D eigenvalue weighted by Crippen LogP contribution is -2.16. The van der Waals surface area contributed by atoms with Gasteiger partial charge < -0.3 is 4.52 Å². The van der Waals surface area contributed by atoms with Crippen LogP contribution < -0.4 is 4.72 Å². The van der Waals surface area contributed by atoms with E-state index < -0.39 is 10.0 Å². The third kappa shape index (κ3) is 3.55. The molecule has 2 aromatic heterocycles. The fraction of sp³-hybridized carbons (Fsp3) is 0.222. The zero-order chi connectivity index (χ0) is 14.0. The molecule has 1 N–H and O–H groups in total. The van der Waals surface area contributed by atoms with Gasteiger partial charge in [0.25, 0.3) is 0 Å². The second kappa shape index (κ2) is 5.32. The predicted octanol–water partition coefficient (Wildman–Crippen LogP) is 2.02. The van der Waals surface area contributed by atoms with Crippen LogP contribution in [0.3, 0.4) is 0 Å². The number of anilines is 1. The van der Waals surface area contributed by atoms with E-state index in [2.05, 4.69) is 19.8 Å². The molecule has 10 heteroatoms. The van der Waals surface area contributed by atoms with Gasteiger partial charge in [-0.15, -0.1) is 0 Å². The first kappa shape index (κ1) is 14.0. The summed E-state index contributed by atoms with van der Waals surface area (Å²) in [5.41, 5.74) is 0.279. The number of halogens is 2. The number of hydrogen-bond donors (Lipinski definition) is 1. The van der Waals surface area contributed by atoms with Crippen molar-refractivity contribution in [3.05, 3.63) is 34.0 Å². The van der Waals surface area contributed by atoms with Crippen LogP contribution in [0.4, 0.5) is 5.82 Å². The Balaban J connectivity index is 2.19. The van der Waals surface area contributed by atoms with Crippen LogP contribution in [-0.2, 0) is 15.8 Å². The van der Waals surface area contributed by atoms with Crippen LogP contribution in [0.2, 0.25) is 10.2 Å². The quantitative estimate of drug-likeness (QED) is 0.865. The van der Waals surface area contributed by atoms with Crippen LogP contribution in [0.1, 0.15) is 11.5 Å². The Morgan fingerprint density at radius 2 is 2.11 bits per heavy atom. The minimum atomic E-state index is -3.72. The minimum Gasteiger partial charge on any atom is -0.361 e. The summed E-state index contributed by atoms with van der Waals surface area (Å²) in [5, 5.41) is 3.50. The molecule has 0 bridgehead atoms. The lowest BCUT2D eigenvalue weighted by molar-refractivity contribution is 0.392. The topological polar surface area (TPSA) is 98.0 Å². The Morgan fingerprint density at radius 3 is 2.74 bits per heavy atom. The summed E-state index contributed by atoms with van der Waals surface area (Å²) in [4.78, 5) is 7.33. The van der Waals surface area contributed by atoms with E-state index in [1.165, 1.54) is 6.07 Å². The molecule has 19 heavy (non-hydrogen) atoms. The van der Waals surface area contributed by atoms with Gasteiger partial charge in [0.1, 0.15) is 28.6 Å². The van der Waals surface area contributed by atoms with Gasteiger partial charge in [-0.1, -0.05) is 28.4 Å². The van der Waals surface area contributed by atoms with Crippen molar-refractivity contribution in [2.45, 2.75) is 12.7 Å². The van der Waals surface area contributed by atoms with Crippen molar-refractivity contribution in [1.82, 2.24) is 15.1 Å². The van der Waals surface area contributed by atoms with Crippen molar-refractivity contribution in [2.24, 2.45) is 0 Å². The maximum absolute atomic E-state index is 11.9. The largest absolute Gasteiger partial charge is 0.361 e. The summed E-state index contributed by atoms with van der Waals surface area (Å²) < 4.78 is 30.8. The smallest absolute Gasteiger partial charge is 0.239 e. The number of nitrogens with zero attached hydrogens (tertiary/aromatic N) is 3. The van der Waals surface area contributed by atoms with Crippen molar-refractivity contribution in [3.8, 4) is 0 Å². The third-order valence-corrected chi connectivity index (χ3v) is 3.94. The molecule has 0 atom stereocenters. The van der Waals surface area contributed by atoms with E-state index in [-0.39, 0.29) is 27.4 Å². The van der Waals surface area contributed by atoms with Gasteiger partial charge in [-0.05, 0) is 6.92 Å². The standard InChI is InChI=1S/C9H8Cl2N4O3S/c1-5-2-6(14-18-5)3-19(16,17)15-9-7(10)8(11)12-4-13-9/h2,4H,3H2,1H3,(H,12,13,15). The van der Waals surface area contributed by atoms with E-state index in [0.717, 1.165) is 6.33 Å². The zero-order valence-corrected chi connectivity index (χ0v) is 11.9. The molecule has 0 aliphatic rings. The normalized spacial score (nSPS) is 11.5. The average Bonchev–Trinajstić information content (AvgIpc) is 2.69. The molecule has 0 aliphatic carbocycles. The summed E-state index contributed by atoms with van der Waals surface area (Å²) in [6, 6.07) is 1.52. The van der Waals surface area contributed by atoms with Gasteiger partial charge in [0, 0.05) is 6.07 Å². The fourth-order valence-electron chi connectivity index (χ4n) is 1.28. The van der Waals surface area contributed by atoms with Crippen LogP contribution in [-0.4, -0.2) is 23.5 Å². The molecular weight excluding hydrogens is 315 g/mol. The van der Waals surface area contributed by atoms with Gasteiger partial charge in [0.15, 0.2) is 11.0 Å². The number of rotatable bonds is 4. The Bertz CT molecular complexity index is 701. The number of hydrogen-bond acceptors (Lipinski definition) is 6. The molecule has 0 radical (unpaired) electrons. The Labute approximate surface area is 119 Å². The van der Waals surface area contributed by atoms with Crippen molar-refractivity contribution in [1.29, 1.82) is 0 Å². The highest BCUT2D eigenvalue weighted by molar-refractivity contribution is 7.91. The molecule has 0 spiro atoms. The molecule has 0 fully saturated rings. The summed E-state index contributed by atoms with van der Waals surface area (Å²) in [5.74, 6) is 0.0812. The molecular formula is C9H8Cl2N4O3S. The minimum absolute atomic E-state index is 0.0355. The summed E-state index contributed by atoms with van der Waals surface area (Å²) in [6.45, 7) is 1.66. The van der Waals surface area contributed by atoms with Gasteiger partial charge in [0.2, 0.25) is 10.0 Å². The molecule has 0 unspecified atom stereocenters. The lowest BCUT2D eigenvalue weighted by atomic mass is 10.4. The maximum atomic E-state index is 11.9. The highest BCUT2D eigenvalue weighted by Crippen LogP contribution is 2.26. The summed E-state index contributed by atoms with van der Waals surface area (Å²) in [6.07, 6.45) is 1.10. The Hall–Kier alpha value is -1.38. The van der Waals surface area contributed by atoms with Crippen LogP contribution in [0.5, 0.6) is 0 Å². The van der Waals surface area contributed by atoms with Crippen LogP contribution >= 0.6 is 23.2 Å². The van der Waals surface area contributed by atoms with Crippen molar-refractivity contribution < 1.29 is 12.9 Å². The zero-order valence-electron chi connectivity index (χ0n) is 9.59. The SMILES string of the molecule is Cc1cc(CS(=O)(=O)Nc2ncnc(Cl)c2Cl)no1. The Kier molecular flexibility index (Phi) is 3.93. The van der Waals surface area contributed by atoms with E-state index >= 15 is 0 Å². The molecule has 2 heterocycles. The maximum Gasteiger partial charge on any atom is 0.239 e. The number of nitrogens with one attached hydrogen (secondary N) is 1. The second-order valence-corrected chi connectivity index (χ2v) is 6.08. The number of aromatic nitrogens is 3. The summed E-state index contributed by atoms with van der Waals surface area (Å²) in [7, 11) is -3.72. The molecule has 102 valence electrons. The molecule has 2 rings (SSSR count). The van der Waals surface area contributed by atoms with E-state index in [9.17, 15) is 8.42 Å². The molecule has 0 saturated heterocycles. The molecule has 2 aromatic rings. The van der Waals surface area contributed by atoms with E-state index in [1.54, 1.807) is 6.92 Å². The van der Waals surface area contributed by atoms with E-state index in [1.807, 2.05) is 0 Å². The van der Waals surface area contributed by atoms with Crippen molar-refractivity contribution in [3.63, 3.8) is 0 Å².